The molecule has 3 aromatic heterocycles. The lowest BCUT2D eigenvalue weighted by molar-refractivity contribution is -0.116. The third kappa shape index (κ3) is 9.39. The number of anilines is 1. The number of aryl methyl sites for hydroxylation is 3. The molecule has 2 aromatic carbocycles. The number of nitrogens with zero attached hydrogens (tertiary/aromatic N) is 2. The maximum absolute atomic E-state index is 14.9. The lowest BCUT2D eigenvalue weighted by Crippen LogP contribution is -2.15. The van der Waals surface area contributed by atoms with Crippen LogP contribution in [0.1, 0.15) is 135 Å². The maximum Gasteiger partial charge on any atom is 0.341 e. The van der Waals surface area contributed by atoms with Crippen LogP contribution in [0, 0.1) is 26.7 Å². The van der Waals surface area contributed by atoms with Crippen LogP contribution in [0.2, 0.25) is 0 Å². The minimum atomic E-state index is -0.517. The highest BCUT2D eigenvalue weighted by atomic mass is 32.2. The van der Waals surface area contributed by atoms with Gasteiger partial charge in [0.25, 0.3) is 0 Å². The molecule has 5 heterocycles. The molecule has 8 bridgehead atoms. The third-order valence-electron chi connectivity index (χ3n) is 12.6. The number of benzene rings is 2. The zero-order chi connectivity index (χ0) is 47.8. The van der Waals surface area contributed by atoms with E-state index in [0.717, 1.165) is 57.7 Å². The Balaban J connectivity index is 1.73. The Morgan fingerprint density at radius 3 is 1.97 bits per heavy atom. The molecular formula is C54H65N5O6S. The number of fused-ring (bicyclic) bond motifs is 8. The van der Waals surface area contributed by atoms with E-state index in [1.165, 1.54) is 11.8 Å². The first-order valence-electron chi connectivity index (χ1n) is 23.1. The van der Waals surface area contributed by atoms with E-state index in [-0.39, 0.29) is 19.1 Å². The monoisotopic (exact) mass is 911 g/mol. The van der Waals surface area contributed by atoms with Gasteiger partial charge >= 0.3 is 11.9 Å². The van der Waals surface area contributed by atoms with E-state index >= 15 is 0 Å². The van der Waals surface area contributed by atoms with Crippen LogP contribution in [0.25, 0.3) is 44.3 Å². The number of amides is 1. The van der Waals surface area contributed by atoms with E-state index < -0.39 is 22.8 Å². The molecule has 7 rings (SSSR count). The van der Waals surface area contributed by atoms with Gasteiger partial charge in [0.15, 0.2) is 5.75 Å². The second kappa shape index (κ2) is 19.1. The number of nitrogens with one attached hydrogen (secondary N) is 3. The van der Waals surface area contributed by atoms with E-state index in [1.54, 1.807) is 14.0 Å². The second-order valence-corrected chi connectivity index (χ2v) is 20.1. The summed E-state index contributed by atoms with van der Waals surface area (Å²) in [6, 6.07) is 16.1. The lowest BCUT2D eigenvalue weighted by Gasteiger charge is -2.17. The summed E-state index contributed by atoms with van der Waals surface area (Å²) < 4.78 is 17.9. The summed E-state index contributed by atoms with van der Waals surface area (Å²) in [5.41, 5.74) is 11.9. The van der Waals surface area contributed by atoms with Crippen molar-refractivity contribution in [3.63, 3.8) is 0 Å². The summed E-state index contributed by atoms with van der Waals surface area (Å²) in [4.78, 5) is 61.2. The van der Waals surface area contributed by atoms with Gasteiger partial charge in [-0.25, -0.2) is 9.59 Å². The molecule has 66 heavy (non-hydrogen) atoms. The van der Waals surface area contributed by atoms with E-state index in [0.29, 0.717) is 91.5 Å². The number of aromatic nitrogens is 4. The van der Waals surface area contributed by atoms with E-state index in [2.05, 4.69) is 89.7 Å². The largest absolute Gasteiger partial charge is 0.493 e. The van der Waals surface area contributed by atoms with Gasteiger partial charge in [-0.2, -0.15) is 0 Å². The van der Waals surface area contributed by atoms with Gasteiger partial charge in [0.2, 0.25) is 5.91 Å². The van der Waals surface area contributed by atoms with Crippen molar-refractivity contribution in [3.05, 3.63) is 99.1 Å². The lowest BCUT2D eigenvalue weighted by atomic mass is 9.85. The highest BCUT2D eigenvalue weighted by Crippen LogP contribution is 2.46. The normalized spacial score (nSPS) is 14.0. The van der Waals surface area contributed by atoms with Gasteiger partial charge in [-0.3, -0.25) is 14.8 Å². The molecule has 2 aliphatic heterocycles. The van der Waals surface area contributed by atoms with Crippen molar-refractivity contribution in [2.24, 2.45) is 5.92 Å². The zero-order valence-electron chi connectivity index (χ0n) is 40.9. The van der Waals surface area contributed by atoms with Crippen molar-refractivity contribution >= 4 is 57.4 Å². The Morgan fingerprint density at radius 1 is 0.773 bits per heavy atom. The number of carbonyl (C=O) groups is 3. The molecule has 0 spiro atoms. The first-order valence-corrected chi connectivity index (χ1v) is 24.3. The number of carbonyl (C=O) groups excluding carboxylic acids is 3. The number of esters is 2. The van der Waals surface area contributed by atoms with Crippen LogP contribution in [0.5, 0.6) is 5.75 Å². The first-order chi connectivity index (χ1) is 31.3. The number of H-pyrrole nitrogens is 2. The highest BCUT2D eigenvalue weighted by Gasteiger charge is 2.36. The zero-order valence-corrected chi connectivity index (χ0v) is 41.7. The molecule has 11 nitrogen and oxygen atoms in total. The molecule has 0 fully saturated rings. The summed E-state index contributed by atoms with van der Waals surface area (Å²) >= 11 is 1.45. The van der Waals surface area contributed by atoms with Crippen molar-refractivity contribution in [3.8, 4) is 28.0 Å². The van der Waals surface area contributed by atoms with E-state index in [4.69, 9.17) is 24.2 Å². The molecule has 0 saturated carbocycles. The standard InChI is InChI=1S/C54H65N5O6S/c1-14-64-51(61)45-44(42-31(6)22-30(5)23-32(42)7)35-25-39-54(10,11)28-38(57-39)49(63-12)48-46(52(62)65-15-2)50(66-13)36(59-48)26-40-53(8,9)27-37(56-40)43(47(45)58-35)33-19-17-20-34(24-33)55-41(60)21-16-18-29(3)4/h17,19-20,22-26,29,58-59H,14-16,18,21,27-28H2,1-13H3,(H,55,60). The van der Waals surface area contributed by atoms with Crippen molar-refractivity contribution in [2.75, 3.05) is 31.9 Å². The van der Waals surface area contributed by atoms with E-state index in [9.17, 15) is 14.4 Å². The molecule has 0 unspecified atom stereocenters. The fourth-order valence-corrected chi connectivity index (χ4v) is 10.3. The van der Waals surface area contributed by atoms with Gasteiger partial charge in [-0.1, -0.05) is 77.8 Å². The SMILES string of the molecule is CCOC(=O)c1c(SC)c2cc3nc(c(-c4cccc(NC(=O)CCCC(C)C)c4)c4[nH]c(cc5nc(c(OC)c1[nH]2)CC5(C)C)c(-c1c(C)cc(C)cc1C)c4C(=O)OCC)CC3(C)C. The maximum atomic E-state index is 14.9. The predicted octanol–water partition coefficient (Wildman–Crippen LogP) is 12.5. The Morgan fingerprint density at radius 2 is 1.36 bits per heavy atom. The van der Waals surface area contributed by atoms with Gasteiger partial charge in [-0.05, 0) is 99.7 Å². The smallest absolute Gasteiger partial charge is 0.341 e. The van der Waals surface area contributed by atoms with Gasteiger partial charge in [-0.15, -0.1) is 11.8 Å². The molecule has 0 saturated heterocycles. The average Bonchev–Trinajstić information content (AvgIpc) is 3.94. The van der Waals surface area contributed by atoms with Gasteiger partial charge in [0.05, 0.1) is 53.8 Å². The molecule has 2 aliphatic rings. The molecule has 0 radical (unpaired) electrons. The molecule has 5 aromatic rings. The molecule has 348 valence electrons. The number of thioether (sulfide) groups is 1. The Kier molecular flexibility index (Phi) is 13.9. The summed E-state index contributed by atoms with van der Waals surface area (Å²) in [6.07, 6.45) is 5.10. The Hall–Kier alpha value is -5.88. The third-order valence-corrected chi connectivity index (χ3v) is 13.5. The quantitative estimate of drug-likeness (QED) is 0.0775. The molecule has 0 aliphatic carbocycles. The average molecular weight is 912 g/mol. The van der Waals surface area contributed by atoms with Crippen LogP contribution in [0.4, 0.5) is 5.69 Å². The van der Waals surface area contributed by atoms with Crippen molar-refractivity contribution < 1.29 is 28.6 Å². The van der Waals surface area contributed by atoms with Crippen molar-refractivity contribution in [1.29, 1.82) is 0 Å². The first kappa shape index (κ1) is 48.1. The van der Waals surface area contributed by atoms with Crippen molar-refractivity contribution in [1.82, 2.24) is 19.9 Å². The van der Waals surface area contributed by atoms with Crippen LogP contribution in [0.15, 0.2) is 53.4 Å². The molecule has 0 atom stereocenters. The minimum Gasteiger partial charge on any atom is -0.493 e. The van der Waals surface area contributed by atoms with Gasteiger partial charge < -0.3 is 29.5 Å². The fraction of sp³-hybridized carbons (Fsp3) is 0.426. The van der Waals surface area contributed by atoms with Gasteiger partial charge in [0.1, 0.15) is 5.56 Å². The van der Waals surface area contributed by atoms with Crippen LogP contribution >= 0.6 is 11.8 Å². The van der Waals surface area contributed by atoms with Gasteiger partial charge in [0, 0.05) is 68.7 Å². The number of rotatable bonds is 13. The van der Waals surface area contributed by atoms with Crippen LogP contribution < -0.4 is 10.1 Å². The number of aromatic amines is 2. The van der Waals surface area contributed by atoms with Crippen molar-refractivity contribution in [2.45, 2.75) is 124 Å². The van der Waals surface area contributed by atoms with Crippen LogP contribution in [-0.4, -0.2) is 64.4 Å². The molecule has 3 N–H and O–H groups in total. The fourth-order valence-electron chi connectivity index (χ4n) is 9.60. The second-order valence-electron chi connectivity index (χ2n) is 19.3. The Bertz CT molecular complexity index is 2880. The molecular weight excluding hydrogens is 847 g/mol. The summed E-state index contributed by atoms with van der Waals surface area (Å²) in [5, 5.41) is 3.15. The summed E-state index contributed by atoms with van der Waals surface area (Å²) in [7, 11) is 1.60. The van der Waals surface area contributed by atoms with E-state index in [1.807, 2.05) is 49.6 Å². The number of hydrogen-bond acceptors (Lipinski definition) is 9. The molecule has 1 amide bonds. The topological polar surface area (TPSA) is 148 Å². The number of ether oxygens (including phenoxy) is 3. The summed E-state index contributed by atoms with van der Waals surface area (Å²) in [6.45, 7) is 23.1. The minimum absolute atomic E-state index is 0.0564. The Labute approximate surface area is 393 Å². The predicted molar refractivity (Wildman–Crippen MR) is 267 cm³/mol. The van der Waals surface area contributed by atoms with Crippen LogP contribution in [-0.2, 0) is 37.9 Å². The number of methoxy groups -OCH3 is 1. The highest BCUT2D eigenvalue weighted by molar-refractivity contribution is 7.99. The molecule has 12 heteroatoms. The number of hydrogen-bond donors (Lipinski definition) is 3. The van der Waals surface area contributed by atoms with Crippen LogP contribution in [0.3, 0.4) is 0 Å². The summed E-state index contributed by atoms with van der Waals surface area (Å²) in [5.74, 6) is -0.0387.